The molecule has 0 spiro atoms. The number of aliphatic imine (C=N–C) groups is 1. The normalized spacial score (nSPS) is 20.4. The Bertz CT molecular complexity index is 1150. The van der Waals surface area contributed by atoms with Crippen molar-refractivity contribution in [3.8, 4) is 0 Å². The predicted molar refractivity (Wildman–Crippen MR) is 127 cm³/mol. The standard InChI is InChI=1S/C27H28N2O4/c1-17-10-12-18(13-11-17)28-21-15-27(2,3)16-23(31)24(21)22(30)9-6-14-29-25(32)19-7-4-5-8-20(19)26(29)33/h4-5,7-8,10-13,30H,6,9,14-16H2,1-3H3/b24-22-,28-21?. The minimum Gasteiger partial charge on any atom is -0.511 e. The molecule has 2 amide bonds. The lowest BCUT2D eigenvalue weighted by molar-refractivity contribution is -0.117. The van der Waals surface area contributed by atoms with Crippen LogP contribution in [-0.4, -0.2) is 39.9 Å². The Morgan fingerprint density at radius 3 is 2.18 bits per heavy atom. The van der Waals surface area contributed by atoms with E-state index in [0.717, 1.165) is 11.3 Å². The number of aliphatic hydroxyl groups is 1. The highest BCUT2D eigenvalue weighted by atomic mass is 16.3. The minimum absolute atomic E-state index is 0.0297. The van der Waals surface area contributed by atoms with Crippen LogP contribution in [0.5, 0.6) is 0 Å². The van der Waals surface area contributed by atoms with Gasteiger partial charge in [0.05, 0.1) is 28.1 Å². The molecule has 1 saturated carbocycles. The Balaban J connectivity index is 1.53. The van der Waals surface area contributed by atoms with Crippen LogP contribution in [0.15, 0.2) is 64.9 Å². The van der Waals surface area contributed by atoms with E-state index in [9.17, 15) is 19.5 Å². The van der Waals surface area contributed by atoms with Crippen molar-refractivity contribution in [3.63, 3.8) is 0 Å². The van der Waals surface area contributed by atoms with Gasteiger partial charge in [-0.05, 0) is 49.4 Å². The van der Waals surface area contributed by atoms with Gasteiger partial charge in [0.2, 0.25) is 0 Å². The van der Waals surface area contributed by atoms with Gasteiger partial charge < -0.3 is 5.11 Å². The van der Waals surface area contributed by atoms with E-state index >= 15 is 0 Å². The molecule has 2 aliphatic rings. The fourth-order valence-electron chi connectivity index (χ4n) is 4.46. The number of carbonyl (C=O) groups excluding carboxylic acids is 3. The molecule has 2 aromatic carbocycles. The van der Waals surface area contributed by atoms with Crippen LogP contribution in [0.4, 0.5) is 5.69 Å². The molecule has 33 heavy (non-hydrogen) atoms. The van der Waals surface area contributed by atoms with Gasteiger partial charge >= 0.3 is 0 Å². The molecular weight excluding hydrogens is 416 g/mol. The molecule has 0 saturated heterocycles. The smallest absolute Gasteiger partial charge is 0.261 e. The predicted octanol–water partition coefficient (Wildman–Crippen LogP) is 5.35. The van der Waals surface area contributed by atoms with Crippen LogP contribution in [0.2, 0.25) is 0 Å². The molecule has 6 nitrogen and oxygen atoms in total. The minimum atomic E-state index is -0.320. The fourth-order valence-corrected chi connectivity index (χ4v) is 4.46. The molecule has 4 rings (SSSR count). The lowest BCUT2D eigenvalue weighted by Crippen LogP contribution is -2.33. The summed E-state index contributed by atoms with van der Waals surface area (Å²) in [5.41, 5.74) is 3.27. The Hall–Kier alpha value is -3.54. The summed E-state index contributed by atoms with van der Waals surface area (Å²) in [4.78, 5) is 44.0. The number of hydrogen-bond donors (Lipinski definition) is 1. The number of aliphatic hydroxyl groups excluding tert-OH is 1. The summed E-state index contributed by atoms with van der Waals surface area (Å²) in [6.45, 7) is 6.21. The summed E-state index contributed by atoms with van der Waals surface area (Å²) in [5, 5.41) is 10.9. The molecule has 2 aromatic rings. The summed E-state index contributed by atoms with van der Waals surface area (Å²) in [5.74, 6) is -0.798. The van der Waals surface area contributed by atoms with Gasteiger partial charge in [0.25, 0.3) is 11.8 Å². The van der Waals surface area contributed by atoms with Crippen molar-refractivity contribution in [1.82, 2.24) is 4.90 Å². The summed E-state index contributed by atoms with van der Waals surface area (Å²) in [6, 6.07) is 14.5. The first-order valence-corrected chi connectivity index (χ1v) is 11.2. The van der Waals surface area contributed by atoms with Crippen LogP contribution in [0.1, 0.15) is 65.8 Å². The summed E-state index contributed by atoms with van der Waals surface area (Å²) < 4.78 is 0. The maximum absolute atomic E-state index is 13.0. The third kappa shape index (κ3) is 4.65. The number of nitrogens with zero attached hydrogens (tertiary/aromatic N) is 2. The Kier molecular flexibility index (Phi) is 6.02. The molecule has 0 bridgehead atoms. The van der Waals surface area contributed by atoms with Crippen molar-refractivity contribution in [2.75, 3.05) is 6.54 Å². The van der Waals surface area contributed by atoms with E-state index in [-0.39, 0.29) is 47.3 Å². The maximum atomic E-state index is 13.0. The number of aryl methyl sites for hydroxylation is 1. The zero-order valence-electron chi connectivity index (χ0n) is 19.2. The van der Waals surface area contributed by atoms with Crippen LogP contribution in [0.3, 0.4) is 0 Å². The van der Waals surface area contributed by atoms with E-state index in [1.807, 2.05) is 45.0 Å². The number of fused-ring (bicyclic) bond motifs is 1. The molecule has 0 aromatic heterocycles. The molecular formula is C27H28N2O4. The Labute approximate surface area is 193 Å². The first-order chi connectivity index (χ1) is 15.7. The summed E-state index contributed by atoms with van der Waals surface area (Å²) in [6.07, 6.45) is 1.44. The maximum Gasteiger partial charge on any atom is 0.261 e. The molecule has 170 valence electrons. The SMILES string of the molecule is Cc1ccc(N=C2CC(C)(C)CC(=O)/C2=C(\O)CCCN2C(=O)c3ccccc3C2=O)cc1. The second-order valence-corrected chi connectivity index (χ2v) is 9.57. The number of Topliss-reactive ketones (excluding diaryl/α,β-unsaturated/α-hetero) is 1. The van der Waals surface area contributed by atoms with Crippen LogP contribution in [0.25, 0.3) is 0 Å². The van der Waals surface area contributed by atoms with Crippen LogP contribution >= 0.6 is 0 Å². The van der Waals surface area contributed by atoms with Crippen molar-refractivity contribution >= 4 is 29.0 Å². The molecule has 1 aliphatic carbocycles. The van der Waals surface area contributed by atoms with Crippen molar-refractivity contribution in [2.24, 2.45) is 10.4 Å². The van der Waals surface area contributed by atoms with Crippen molar-refractivity contribution in [3.05, 3.63) is 76.6 Å². The van der Waals surface area contributed by atoms with Gasteiger partial charge in [-0.15, -0.1) is 0 Å². The van der Waals surface area contributed by atoms with Gasteiger partial charge in [0.15, 0.2) is 5.78 Å². The number of rotatable bonds is 5. The zero-order valence-corrected chi connectivity index (χ0v) is 19.2. The zero-order chi connectivity index (χ0) is 23.8. The third-order valence-electron chi connectivity index (χ3n) is 6.11. The highest BCUT2D eigenvalue weighted by molar-refractivity contribution is 6.25. The van der Waals surface area contributed by atoms with Gasteiger partial charge in [0, 0.05) is 19.4 Å². The topological polar surface area (TPSA) is 87.0 Å². The van der Waals surface area contributed by atoms with E-state index in [2.05, 4.69) is 0 Å². The first-order valence-electron chi connectivity index (χ1n) is 11.2. The average molecular weight is 445 g/mol. The van der Waals surface area contributed by atoms with Crippen molar-refractivity contribution in [2.45, 2.75) is 46.5 Å². The van der Waals surface area contributed by atoms with Gasteiger partial charge in [-0.1, -0.05) is 43.7 Å². The third-order valence-corrected chi connectivity index (χ3v) is 6.11. The summed E-state index contributed by atoms with van der Waals surface area (Å²) in [7, 11) is 0. The number of ketones is 1. The Morgan fingerprint density at radius 1 is 0.970 bits per heavy atom. The first kappa shape index (κ1) is 22.6. The molecule has 0 radical (unpaired) electrons. The molecule has 0 atom stereocenters. The van der Waals surface area contributed by atoms with Crippen LogP contribution < -0.4 is 0 Å². The highest BCUT2D eigenvalue weighted by Crippen LogP contribution is 2.37. The lowest BCUT2D eigenvalue weighted by atomic mass is 9.73. The van der Waals surface area contributed by atoms with E-state index in [4.69, 9.17) is 4.99 Å². The lowest BCUT2D eigenvalue weighted by Gasteiger charge is -2.31. The molecule has 0 unspecified atom stereocenters. The number of allylic oxidation sites excluding steroid dienone is 2. The molecule has 1 fully saturated rings. The van der Waals surface area contributed by atoms with Crippen LogP contribution in [0, 0.1) is 12.3 Å². The molecule has 1 aliphatic heterocycles. The molecule has 6 heteroatoms. The van der Waals surface area contributed by atoms with Gasteiger partial charge in [-0.2, -0.15) is 0 Å². The van der Waals surface area contributed by atoms with Gasteiger partial charge in [-0.25, -0.2) is 0 Å². The quantitative estimate of drug-likeness (QED) is 0.383. The number of benzene rings is 2. The van der Waals surface area contributed by atoms with Crippen molar-refractivity contribution < 1.29 is 19.5 Å². The number of hydrogen-bond acceptors (Lipinski definition) is 5. The Morgan fingerprint density at radius 2 is 1.58 bits per heavy atom. The van der Waals surface area contributed by atoms with Gasteiger partial charge in [-0.3, -0.25) is 24.3 Å². The second kappa shape index (κ2) is 8.77. The monoisotopic (exact) mass is 444 g/mol. The van der Waals surface area contributed by atoms with E-state index in [0.29, 0.717) is 36.1 Å². The largest absolute Gasteiger partial charge is 0.511 e. The van der Waals surface area contributed by atoms with Gasteiger partial charge in [0.1, 0.15) is 5.76 Å². The average Bonchev–Trinajstić information content (AvgIpc) is 2.99. The number of imide groups is 1. The molecule has 1 N–H and O–H groups in total. The second-order valence-electron chi connectivity index (χ2n) is 9.57. The fraction of sp³-hybridized carbons (Fsp3) is 0.333. The van der Waals surface area contributed by atoms with Crippen molar-refractivity contribution in [1.29, 1.82) is 0 Å². The van der Waals surface area contributed by atoms with Crippen LogP contribution in [-0.2, 0) is 4.79 Å². The van der Waals surface area contributed by atoms with E-state index < -0.39 is 0 Å². The number of amides is 2. The summed E-state index contributed by atoms with van der Waals surface area (Å²) >= 11 is 0. The van der Waals surface area contributed by atoms with E-state index in [1.54, 1.807) is 24.3 Å². The number of carbonyl (C=O) groups is 3. The highest BCUT2D eigenvalue weighted by Gasteiger charge is 2.37. The molecule has 1 heterocycles. The van der Waals surface area contributed by atoms with E-state index in [1.165, 1.54) is 4.90 Å².